The smallest absolute Gasteiger partial charge is 0.0210 e. The Morgan fingerprint density at radius 2 is 1.78 bits per heavy atom. The molecule has 1 N–H and O–H groups in total. The van der Waals surface area contributed by atoms with Gasteiger partial charge >= 0.3 is 0 Å². The SMILES string of the molecule is CCc1ccccc1CN[C@@H](C)C1CCCCC1. The summed E-state index contributed by atoms with van der Waals surface area (Å²) < 4.78 is 0. The topological polar surface area (TPSA) is 12.0 Å². The first-order chi connectivity index (χ1) is 8.81. The normalized spacial score (nSPS) is 18.8. The van der Waals surface area contributed by atoms with Gasteiger partial charge in [0.1, 0.15) is 0 Å². The molecule has 1 atom stereocenters. The standard InChI is InChI=1S/C17H27N/c1-3-15-9-7-8-12-17(15)13-18-14(2)16-10-5-4-6-11-16/h7-9,12,14,16,18H,3-6,10-11,13H2,1-2H3/t14-/m0/s1. The molecule has 1 aromatic rings. The van der Waals surface area contributed by atoms with Crippen molar-refractivity contribution in [2.24, 2.45) is 5.92 Å². The summed E-state index contributed by atoms with van der Waals surface area (Å²) in [6.45, 7) is 5.63. The van der Waals surface area contributed by atoms with Crippen molar-refractivity contribution in [3.8, 4) is 0 Å². The van der Waals surface area contributed by atoms with Crippen LogP contribution in [0.25, 0.3) is 0 Å². The Morgan fingerprint density at radius 1 is 1.11 bits per heavy atom. The van der Waals surface area contributed by atoms with E-state index in [9.17, 15) is 0 Å². The highest BCUT2D eigenvalue weighted by Gasteiger charge is 2.19. The Hall–Kier alpha value is -0.820. The van der Waals surface area contributed by atoms with E-state index in [1.165, 1.54) is 43.2 Å². The zero-order valence-electron chi connectivity index (χ0n) is 11.9. The van der Waals surface area contributed by atoms with Crippen molar-refractivity contribution in [3.05, 3.63) is 35.4 Å². The summed E-state index contributed by atoms with van der Waals surface area (Å²) in [5.41, 5.74) is 2.96. The molecule has 0 spiro atoms. The van der Waals surface area contributed by atoms with E-state index in [0.29, 0.717) is 6.04 Å². The quantitative estimate of drug-likeness (QED) is 0.815. The number of benzene rings is 1. The number of hydrogen-bond donors (Lipinski definition) is 1. The molecular formula is C17H27N. The van der Waals surface area contributed by atoms with E-state index < -0.39 is 0 Å². The third-order valence-electron chi connectivity index (χ3n) is 4.47. The third-order valence-corrected chi connectivity index (χ3v) is 4.47. The molecule has 1 saturated carbocycles. The van der Waals surface area contributed by atoms with E-state index in [2.05, 4.69) is 43.4 Å². The van der Waals surface area contributed by atoms with Crippen molar-refractivity contribution in [3.63, 3.8) is 0 Å². The van der Waals surface area contributed by atoms with Crippen molar-refractivity contribution in [1.29, 1.82) is 0 Å². The third kappa shape index (κ3) is 3.58. The van der Waals surface area contributed by atoms with Crippen molar-refractivity contribution in [1.82, 2.24) is 5.32 Å². The van der Waals surface area contributed by atoms with Gasteiger partial charge in [-0.3, -0.25) is 0 Å². The summed E-state index contributed by atoms with van der Waals surface area (Å²) in [7, 11) is 0. The van der Waals surface area contributed by atoms with Gasteiger partial charge in [0.05, 0.1) is 0 Å². The lowest BCUT2D eigenvalue weighted by molar-refractivity contribution is 0.280. The maximum Gasteiger partial charge on any atom is 0.0210 e. The molecule has 0 radical (unpaired) electrons. The van der Waals surface area contributed by atoms with Gasteiger partial charge in [-0.05, 0) is 43.2 Å². The molecule has 1 aromatic carbocycles. The molecule has 0 bridgehead atoms. The molecule has 0 aliphatic heterocycles. The molecule has 0 unspecified atom stereocenters. The maximum atomic E-state index is 3.74. The molecule has 0 saturated heterocycles. The van der Waals surface area contributed by atoms with Crippen molar-refractivity contribution in [2.75, 3.05) is 0 Å². The van der Waals surface area contributed by atoms with Gasteiger partial charge in [0.15, 0.2) is 0 Å². The molecular weight excluding hydrogens is 218 g/mol. The second kappa shape index (κ2) is 6.94. The molecule has 1 fully saturated rings. The minimum atomic E-state index is 0.662. The Morgan fingerprint density at radius 3 is 2.44 bits per heavy atom. The van der Waals surface area contributed by atoms with E-state index in [-0.39, 0.29) is 0 Å². The van der Waals surface area contributed by atoms with Crippen LogP contribution in [0.3, 0.4) is 0 Å². The van der Waals surface area contributed by atoms with Crippen molar-refractivity contribution >= 4 is 0 Å². The second-order valence-electron chi connectivity index (χ2n) is 5.69. The number of rotatable bonds is 5. The van der Waals surface area contributed by atoms with Gasteiger partial charge in [0, 0.05) is 12.6 Å². The number of hydrogen-bond acceptors (Lipinski definition) is 1. The van der Waals surface area contributed by atoms with Gasteiger partial charge < -0.3 is 5.32 Å². The van der Waals surface area contributed by atoms with E-state index in [0.717, 1.165) is 18.9 Å². The van der Waals surface area contributed by atoms with Gasteiger partial charge in [0.2, 0.25) is 0 Å². The first kappa shape index (κ1) is 13.6. The van der Waals surface area contributed by atoms with Crippen LogP contribution in [0.5, 0.6) is 0 Å². The second-order valence-corrected chi connectivity index (χ2v) is 5.69. The highest BCUT2D eigenvalue weighted by molar-refractivity contribution is 5.26. The van der Waals surface area contributed by atoms with Crippen LogP contribution in [-0.4, -0.2) is 6.04 Å². The molecule has 1 aliphatic rings. The van der Waals surface area contributed by atoms with E-state index in [1.807, 2.05) is 0 Å². The Kier molecular flexibility index (Phi) is 5.25. The van der Waals surface area contributed by atoms with E-state index in [1.54, 1.807) is 0 Å². The van der Waals surface area contributed by atoms with Gasteiger partial charge in [0.25, 0.3) is 0 Å². The lowest BCUT2D eigenvalue weighted by atomic mass is 9.84. The number of aryl methyl sites for hydroxylation is 1. The lowest BCUT2D eigenvalue weighted by Gasteiger charge is -2.28. The van der Waals surface area contributed by atoms with Gasteiger partial charge in [-0.25, -0.2) is 0 Å². The molecule has 18 heavy (non-hydrogen) atoms. The summed E-state index contributed by atoms with van der Waals surface area (Å²) in [6.07, 6.45) is 8.29. The largest absolute Gasteiger partial charge is 0.310 e. The zero-order chi connectivity index (χ0) is 12.8. The highest BCUT2D eigenvalue weighted by atomic mass is 14.9. The van der Waals surface area contributed by atoms with Crippen molar-refractivity contribution < 1.29 is 0 Å². The summed E-state index contributed by atoms with van der Waals surface area (Å²) in [5, 5.41) is 3.74. The average molecular weight is 245 g/mol. The van der Waals surface area contributed by atoms with Crippen LogP contribution in [0.15, 0.2) is 24.3 Å². The van der Waals surface area contributed by atoms with E-state index in [4.69, 9.17) is 0 Å². The van der Waals surface area contributed by atoms with Crippen LogP contribution in [0.1, 0.15) is 57.1 Å². The minimum Gasteiger partial charge on any atom is -0.310 e. The highest BCUT2D eigenvalue weighted by Crippen LogP contribution is 2.26. The summed E-state index contributed by atoms with van der Waals surface area (Å²) in [4.78, 5) is 0. The Labute approximate surface area is 112 Å². The first-order valence-electron chi connectivity index (χ1n) is 7.61. The lowest BCUT2D eigenvalue weighted by Crippen LogP contribution is -2.34. The summed E-state index contributed by atoms with van der Waals surface area (Å²) in [6, 6.07) is 9.48. The van der Waals surface area contributed by atoms with Gasteiger partial charge in [-0.2, -0.15) is 0 Å². The zero-order valence-corrected chi connectivity index (χ0v) is 11.9. The van der Waals surface area contributed by atoms with Crippen LogP contribution >= 0.6 is 0 Å². The molecule has 0 amide bonds. The fraction of sp³-hybridized carbons (Fsp3) is 0.647. The summed E-state index contributed by atoms with van der Waals surface area (Å²) >= 11 is 0. The molecule has 1 heteroatoms. The molecule has 0 heterocycles. The monoisotopic (exact) mass is 245 g/mol. The van der Waals surface area contributed by atoms with Gasteiger partial charge in [-0.15, -0.1) is 0 Å². The molecule has 100 valence electrons. The van der Waals surface area contributed by atoms with Gasteiger partial charge in [-0.1, -0.05) is 50.5 Å². The maximum absolute atomic E-state index is 3.74. The van der Waals surface area contributed by atoms with Crippen LogP contribution in [-0.2, 0) is 13.0 Å². The van der Waals surface area contributed by atoms with Crippen LogP contribution in [0.2, 0.25) is 0 Å². The van der Waals surface area contributed by atoms with E-state index >= 15 is 0 Å². The molecule has 2 rings (SSSR count). The minimum absolute atomic E-state index is 0.662. The fourth-order valence-corrected chi connectivity index (χ4v) is 3.15. The average Bonchev–Trinajstić information content (AvgIpc) is 2.46. The molecule has 0 aromatic heterocycles. The predicted octanol–water partition coefficient (Wildman–Crippen LogP) is 4.31. The first-order valence-corrected chi connectivity index (χ1v) is 7.61. The summed E-state index contributed by atoms with van der Waals surface area (Å²) in [5.74, 6) is 0.896. The number of nitrogens with one attached hydrogen (secondary N) is 1. The van der Waals surface area contributed by atoms with Crippen LogP contribution in [0, 0.1) is 5.92 Å². The Balaban J connectivity index is 1.86. The molecule has 1 nitrogen and oxygen atoms in total. The van der Waals surface area contributed by atoms with Crippen LogP contribution in [0.4, 0.5) is 0 Å². The van der Waals surface area contributed by atoms with Crippen LogP contribution < -0.4 is 5.32 Å². The molecule has 1 aliphatic carbocycles. The predicted molar refractivity (Wildman–Crippen MR) is 78.7 cm³/mol. The fourth-order valence-electron chi connectivity index (χ4n) is 3.15. The van der Waals surface area contributed by atoms with Crippen molar-refractivity contribution in [2.45, 2.75) is 65.0 Å². The Bertz CT molecular complexity index is 352.